The van der Waals surface area contributed by atoms with Gasteiger partial charge in [0, 0.05) is 36.5 Å². The number of anilines is 1. The van der Waals surface area contributed by atoms with Crippen LogP contribution in [0.5, 0.6) is 0 Å². The molecule has 3 aromatic rings. The fourth-order valence-corrected chi connectivity index (χ4v) is 6.47. The SMILES string of the molecule is Cc1sc2nc(CCC(=O)Nc3cccc(S(=O)(=O)N4CCCCC4)c3)[nH]c(=O)c2c1C. The summed E-state index contributed by atoms with van der Waals surface area (Å²) in [4.78, 5) is 34.0. The highest BCUT2D eigenvalue weighted by molar-refractivity contribution is 7.89. The van der Waals surface area contributed by atoms with Gasteiger partial charge in [0.25, 0.3) is 5.56 Å². The molecular weight excluding hydrogens is 448 g/mol. The number of hydrogen-bond acceptors (Lipinski definition) is 6. The first kappa shape index (κ1) is 22.6. The Morgan fingerprint density at radius 2 is 1.97 bits per heavy atom. The summed E-state index contributed by atoms with van der Waals surface area (Å²) in [5.74, 6) is 0.180. The van der Waals surface area contributed by atoms with Crippen LogP contribution in [-0.2, 0) is 21.2 Å². The van der Waals surface area contributed by atoms with Gasteiger partial charge in [-0.25, -0.2) is 13.4 Å². The lowest BCUT2D eigenvalue weighted by Gasteiger charge is -2.26. The fourth-order valence-electron chi connectivity index (χ4n) is 3.86. The molecule has 0 unspecified atom stereocenters. The molecule has 1 fully saturated rings. The van der Waals surface area contributed by atoms with Crippen LogP contribution < -0.4 is 10.9 Å². The van der Waals surface area contributed by atoms with E-state index in [0.29, 0.717) is 34.8 Å². The lowest BCUT2D eigenvalue weighted by atomic mass is 10.2. The van der Waals surface area contributed by atoms with Gasteiger partial charge < -0.3 is 10.3 Å². The number of benzene rings is 1. The first-order valence-corrected chi connectivity index (χ1v) is 12.9. The molecule has 10 heteroatoms. The number of nitrogens with zero attached hydrogens (tertiary/aromatic N) is 2. The van der Waals surface area contributed by atoms with E-state index >= 15 is 0 Å². The molecule has 0 bridgehead atoms. The molecule has 0 saturated carbocycles. The van der Waals surface area contributed by atoms with E-state index in [1.165, 1.54) is 21.7 Å². The van der Waals surface area contributed by atoms with E-state index in [1.54, 1.807) is 18.2 Å². The normalized spacial score (nSPS) is 15.2. The Hall–Kier alpha value is -2.56. The molecule has 2 N–H and O–H groups in total. The van der Waals surface area contributed by atoms with Crippen molar-refractivity contribution in [3.63, 3.8) is 0 Å². The van der Waals surface area contributed by atoms with Crippen LogP contribution in [0.25, 0.3) is 10.2 Å². The highest BCUT2D eigenvalue weighted by Crippen LogP contribution is 2.26. The van der Waals surface area contributed by atoms with E-state index in [1.807, 2.05) is 13.8 Å². The second-order valence-corrected chi connectivity index (χ2v) is 11.2. The monoisotopic (exact) mass is 474 g/mol. The number of carbonyl (C=O) groups excluding carboxylic acids is 1. The van der Waals surface area contributed by atoms with Crippen LogP contribution in [-0.4, -0.2) is 41.7 Å². The maximum atomic E-state index is 12.9. The van der Waals surface area contributed by atoms with Crippen molar-refractivity contribution in [3.05, 3.63) is 50.9 Å². The number of fused-ring (bicyclic) bond motifs is 1. The van der Waals surface area contributed by atoms with Crippen molar-refractivity contribution in [3.8, 4) is 0 Å². The van der Waals surface area contributed by atoms with Gasteiger partial charge in [0.1, 0.15) is 10.7 Å². The van der Waals surface area contributed by atoms with Crippen molar-refractivity contribution in [1.82, 2.24) is 14.3 Å². The Bertz CT molecular complexity index is 1320. The Kier molecular flexibility index (Phi) is 6.45. The molecule has 8 nitrogen and oxygen atoms in total. The van der Waals surface area contributed by atoms with E-state index in [9.17, 15) is 18.0 Å². The Balaban J connectivity index is 1.43. The molecule has 4 rings (SSSR count). The van der Waals surface area contributed by atoms with Crippen molar-refractivity contribution in [1.29, 1.82) is 0 Å². The maximum Gasteiger partial charge on any atom is 0.259 e. The zero-order chi connectivity index (χ0) is 22.9. The number of rotatable bonds is 6. The second kappa shape index (κ2) is 9.13. The van der Waals surface area contributed by atoms with Crippen LogP contribution in [0.4, 0.5) is 5.69 Å². The third-order valence-electron chi connectivity index (χ3n) is 5.75. The lowest BCUT2D eigenvalue weighted by molar-refractivity contribution is -0.116. The first-order valence-electron chi connectivity index (χ1n) is 10.6. The smallest absolute Gasteiger partial charge is 0.259 e. The van der Waals surface area contributed by atoms with Gasteiger partial charge in [0.15, 0.2) is 0 Å². The number of sulfonamides is 1. The van der Waals surface area contributed by atoms with Gasteiger partial charge in [-0.15, -0.1) is 11.3 Å². The Labute approximate surface area is 190 Å². The zero-order valence-corrected chi connectivity index (χ0v) is 19.7. The van der Waals surface area contributed by atoms with Gasteiger partial charge in [0.2, 0.25) is 15.9 Å². The minimum Gasteiger partial charge on any atom is -0.326 e. The molecule has 1 aliphatic heterocycles. The van der Waals surface area contributed by atoms with E-state index in [2.05, 4.69) is 15.3 Å². The summed E-state index contributed by atoms with van der Waals surface area (Å²) in [5, 5.41) is 3.36. The molecule has 0 atom stereocenters. The van der Waals surface area contributed by atoms with Crippen molar-refractivity contribution < 1.29 is 13.2 Å². The molecule has 3 heterocycles. The molecule has 1 amide bonds. The number of aryl methyl sites for hydroxylation is 3. The highest BCUT2D eigenvalue weighted by Gasteiger charge is 2.26. The molecular formula is C22H26N4O4S2. The van der Waals surface area contributed by atoms with Gasteiger partial charge >= 0.3 is 0 Å². The average Bonchev–Trinajstić information content (AvgIpc) is 3.07. The Morgan fingerprint density at radius 3 is 2.72 bits per heavy atom. The Morgan fingerprint density at radius 1 is 1.22 bits per heavy atom. The van der Waals surface area contributed by atoms with Gasteiger partial charge in [-0.1, -0.05) is 12.5 Å². The van der Waals surface area contributed by atoms with Crippen molar-refractivity contribution in [2.45, 2.75) is 50.8 Å². The van der Waals surface area contributed by atoms with Crippen molar-refractivity contribution in [2.24, 2.45) is 0 Å². The van der Waals surface area contributed by atoms with Gasteiger partial charge in [-0.05, 0) is 50.5 Å². The molecule has 0 radical (unpaired) electrons. The molecule has 0 aliphatic carbocycles. The number of piperidine rings is 1. The molecule has 0 spiro atoms. The summed E-state index contributed by atoms with van der Waals surface area (Å²) in [7, 11) is -3.57. The summed E-state index contributed by atoms with van der Waals surface area (Å²) >= 11 is 1.47. The summed E-state index contributed by atoms with van der Waals surface area (Å²) in [6.07, 6.45) is 3.16. The predicted molar refractivity (Wildman–Crippen MR) is 126 cm³/mol. The van der Waals surface area contributed by atoms with E-state index in [4.69, 9.17) is 0 Å². The second-order valence-electron chi connectivity index (χ2n) is 8.02. The summed E-state index contributed by atoms with van der Waals surface area (Å²) in [6.45, 7) is 4.90. The molecule has 1 aliphatic rings. The minimum absolute atomic E-state index is 0.112. The van der Waals surface area contributed by atoms with Crippen LogP contribution in [0, 0.1) is 13.8 Å². The molecule has 32 heavy (non-hydrogen) atoms. The largest absolute Gasteiger partial charge is 0.326 e. The van der Waals surface area contributed by atoms with Gasteiger partial charge in [-0.2, -0.15) is 4.31 Å². The standard InChI is InChI=1S/C22H26N4O4S2/c1-14-15(2)31-22-20(14)21(28)24-18(25-22)9-10-19(27)23-16-7-6-8-17(13-16)32(29,30)26-11-4-3-5-12-26/h6-8,13H,3-5,9-12H2,1-2H3,(H,23,27)(H,24,25,28). The van der Waals surface area contributed by atoms with Gasteiger partial charge in [-0.3, -0.25) is 9.59 Å². The quantitative estimate of drug-likeness (QED) is 0.569. The number of aromatic nitrogens is 2. The summed E-state index contributed by atoms with van der Waals surface area (Å²) in [6, 6.07) is 6.33. The van der Waals surface area contributed by atoms with Crippen molar-refractivity contribution >= 4 is 43.2 Å². The van der Waals surface area contributed by atoms with Crippen LogP contribution in [0.15, 0.2) is 34.0 Å². The third-order valence-corrected chi connectivity index (χ3v) is 8.74. The highest BCUT2D eigenvalue weighted by atomic mass is 32.2. The summed E-state index contributed by atoms with van der Waals surface area (Å²) < 4.78 is 27.2. The number of aromatic amines is 1. The maximum absolute atomic E-state index is 12.9. The molecule has 1 aromatic carbocycles. The zero-order valence-electron chi connectivity index (χ0n) is 18.1. The van der Waals surface area contributed by atoms with Crippen molar-refractivity contribution in [2.75, 3.05) is 18.4 Å². The number of carbonyl (C=O) groups is 1. The third kappa shape index (κ3) is 4.62. The average molecular weight is 475 g/mol. The number of nitrogens with one attached hydrogen (secondary N) is 2. The van der Waals surface area contributed by atoms with E-state index in [0.717, 1.165) is 29.7 Å². The van der Waals surface area contributed by atoms with Gasteiger partial charge in [0.05, 0.1) is 10.3 Å². The fraction of sp³-hybridized carbons (Fsp3) is 0.409. The number of thiophene rings is 1. The summed E-state index contributed by atoms with van der Waals surface area (Å²) in [5.41, 5.74) is 1.17. The minimum atomic E-state index is -3.57. The van der Waals surface area contributed by atoms with Crippen LogP contribution in [0.1, 0.15) is 41.9 Å². The molecule has 2 aromatic heterocycles. The topological polar surface area (TPSA) is 112 Å². The lowest BCUT2D eigenvalue weighted by Crippen LogP contribution is -2.35. The number of amides is 1. The van der Waals surface area contributed by atoms with E-state index in [-0.39, 0.29) is 29.2 Å². The van der Waals surface area contributed by atoms with E-state index < -0.39 is 10.0 Å². The van der Waals surface area contributed by atoms with Crippen LogP contribution in [0.3, 0.4) is 0 Å². The van der Waals surface area contributed by atoms with Crippen LogP contribution >= 0.6 is 11.3 Å². The van der Waals surface area contributed by atoms with Crippen LogP contribution in [0.2, 0.25) is 0 Å². The first-order chi connectivity index (χ1) is 15.3. The number of hydrogen-bond donors (Lipinski definition) is 2. The molecule has 170 valence electrons. The molecule has 1 saturated heterocycles. The predicted octanol–water partition coefficient (Wildman–Crippen LogP) is 3.35. The number of H-pyrrole nitrogens is 1.